The van der Waals surface area contributed by atoms with Gasteiger partial charge in [-0.2, -0.15) is 5.26 Å². The summed E-state index contributed by atoms with van der Waals surface area (Å²) in [6.07, 6.45) is 6.02. The summed E-state index contributed by atoms with van der Waals surface area (Å²) in [6, 6.07) is 2.17. The first kappa shape index (κ1) is 13.1. The van der Waals surface area contributed by atoms with Crippen molar-refractivity contribution in [2.75, 3.05) is 37.8 Å². The summed E-state index contributed by atoms with van der Waals surface area (Å²) < 4.78 is 0. The van der Waals surface area contributed by atoms with E-state index in [0.29, 0.717) is 11.4 Å². The average Bonchev–Trinajstić information content (AvgIpc) is 2.91. The molecule has 2 heterocycles. The molecule has 1 aromatic rings. The molecule has 0 amide bonds. The molecule has 0 aromatic carbocycles. The van der Waals surface area contributed by atoms with Crippen LogP contribution in [0.2, 0.25) is 0 Å². The van der Waals surface area contributed by atoms with Gasteiger partial charge in [-0.05, 0) is 32.2 Å². The van der Waals surface area contributed by atoms with E-state index < -0.39 is 0 Å². The second-order valence-corrected chi connectivity index (χ2v) is 4.99. The quantitative estimate of drug-likeness (QED) is 0.642. The first-order valence-electron chi connectivity index (χ1n) is 6.10. The molecule has 0 saturated carbocycles. The van der Waals surface area contributed by atoms with Gasteiger partial charge in [-0.1, -0.05) is 0 Å². The minimum Gasteiger partial charge on any atom is -0.368 e. The summed E-state index contributed by atoms with van der Waals surface area (Å²) in [5.41, 5.74) is 0.548. The molecule has 1 aliphatic rings. The third kappa shape index (κ3) is 3.12. The molecular formula is C12H17N5S. The van der Waals surface area contributed by atoms with E-state index in [0.717, 1.165) is 18.1 Å². The molecule has 0 aliphatic carbocycles. The van der Waals surface area contributed by atoms with Crippen molar-refractivity contribution in [2.45, 2.75) is 17.9 Å². The van der Waals surface area contributed by atoms with Crippen LogP contribution in [-0.2, 0) is 0 Å². The third-order valence-electron chi connectivity index (χ3n) is 3.04. The molecule has 0 radical (unpaired) electrons. The lowest BCUT2D eigenvalue weighted by Gasteiger charge is -2.15. The Balaban J connectivity index is 1.94. The molecule has 1 fully saturated rings. The maximum Gasteiger partial charge on any atom is 0.148 e. The Kier molecular flexibility index (Phi) is 4.79. The number of nitrogens with zero attached hydrogens (tertiary/aromatic N) is 4. The lowest BCUT2D eigenvalue weighted by atomic mass is 10.3. The van der Waals surface area contributed by atoms with Crippen LogP contribution in [0, 0.1) is 11.3 Å². The molecule has 6 heteroatoms. The average molecular weight is 263 g/mol. The summed E-state index contributed by atoms with van der Waals surface area (Å²) in [4.78, 5) is 10.7. The number of rotatable bonds is 5. The van der Waals surface area contributed by atoms with Crippen molar-refractivity contribution in [3.63, 3.8) is 0 Å². The standard InChI is InChI=1S/C12H17N5S/c1-18-12-10(8-13)11(15-9-16-12)14-4-7-17-5-2-3-6-17/h9H,2-7H2,1H3,(H,14,15,16). The van der Waals surface area contributed by atoms with E-state index >= 15 is 0 Å². The normalized spacial score (nSPS) is 15.6. The zero-order valence-corrected chi connectivity index (χ0v) is 11.3. The fourth-order valence-corrected chi connectivity index (χ4v) is 2.60. The summed E-state index contributed by atoms with van der Waals surface area (Å²) in [6.45, 7) is 4.20. The summed E-state index contributed by atoms with van der Waals surface area (Å²) in [7, 11) is 0. The highest BCUT2D eigenvalue weighted by molar-refractivity contribution is 7.98. The zero-order valence-electron chi connectivity index (χ0n) is 10.5. The number of nitriles is 1. The molecule has 1 aromatic heterocycles. The van der Waals surface area contributed by atoms with Crippen LogP contribution in [-0.4, -0.2) is 47.3 Å². The SMILES string of the molecule is CSc1ncnc(NCCN2CCCC2)c1C#N. The number of hydrogen-bond acceptors (Lipinski definition) is 6. The van der Waals surface area contributed by atoms with E-state index in [4.69, 9.17) is 5.26 Å². The highest BCUT2D eigenvalue weighted by Gasteiger charge is 2.12. The Labute approximate surface area is 112 Å². The molecule has 2 rings (SSSR count). The first-order valence-corrected chi connectivity index (χ1v) is 7.33. The van der Waals surface area contributed by atoms with Crippen LogP contribution in [0.4, 0.5) is 5.82 Å². The van der Waals surface area contributed by atoms with Gasteiger partial charge in [-0.15, -0.1) is 11.8 Å². The summed E-state index contributed by atoms with van der Waals surface area (Å²) in [5, 5.41) is 13.1. The summed E-state index contributed by atoms with van der Waals surface area (Å²) >= 11 is 1.47. The van der Waals surface area contributed by atoms with Gasteiger partial charge in [0, 0.05) is 13.1 Å². The van der Waals surface area contributed by atoms with Gasteiger partial charge in [0.05, 0.1) is 0 Å². The van der Waals surface area contributed by atoms with Crippen molar-refractivity contribution in [3.8, 4) is 6.07 Å². The zero-order chi connectivity index (χ0) is 12.8. The number of hydrogen-bond donors (Lipinski definition) is 1. The fraction of sp³-hybridized carbons (Fsp3) is 0.583. The van der Waals surface area contributed by atoms with Crippen LogP contribution in [0.25, 0.3) is 0 Å². The Hall–Kier alpha value is -1.32. The second-order valence-electron chi connectivity index (χ2n) is 4.19. The largest absolute Gasteiger partial charge is 0.368 e. The van der Waals surface area contributed by atoms with Crippen LogP contribution in [0.5, 0.6) is 0 Å². The minimum absolute atomic E-state index is 0.548. The predicted molar refractivity (Wildman–Crippen MR) is 72.7 cm³/mol. The van der Waals surface area contributed by atoms with Crippen molar-refractivity contribution < 1.29 is 0 Å². The molecule has 5 nitrogen and oxygen atoms in total. The van der Waals surface area contributed by atoms with Gasteiger partial charge in [0.15, 0.2) is 0 Å². The smallest absolute Gasteiger partial charge is 0.148 e. The van der Waals surface area contributed by atoms with Gasteiger partial charge >= 0.3 is 0 Å². The van der Waals surface area contributed by atoms with Gasteiger partial charge < -0.3 is 10.2 Å². The highest BCUT2D eigenvalue weighted by Crippen LogP contribution is 2.21. The van der Waals surface area contributed by atoms with E-state index in [9.17, 15) is 0 Å². The second kappa shape index (κ2) is 6.57. The molecule has 18 heavy (non-hydrogen) atoms. The minimum atomic E-state index is 0.548. The van der Waals surface area contributed by atoms with Crippen molar-refractivity contribution in [1.29, 1.82) is 5.26 Å². The lowest BCUT2D eigenvalue weighted by Crippen LogP contribution is -2.26. The number of thioether (sulfide) groups is 1. The monoisotopic (exact) mass is 263 g/mol. The Morgan fingerprint density at radius 2 is 2.22 bits per heavy atom. The van der Waals surface area contributed by atoms with Gasteiger partial charge in [-0.25, -0.2) is 9.97 Å². The van der Waals surface area contributed by atoms with E-state index in [-0.39, 0.29) is 0 Å². The molecule has 0 bridgehead atoms. The van der Waals surface area contributed by atoms with Crippen molar-refractivity contribution >= 4 is 17.6 Å². The predicted octanol–water partition coefficient (Wildman–Crippen LogP) is 1.58. The molecule has 1 N–H and O–H groups in total. The third-order valence-corrected chi connectivity index (χ3v) is 3.73. The molecule has 96 valence electrons. The van der Waals surface area contributed by atoms with Gasteiger partial charge in [-0.3, -0.25) is 0 Å². The maximum absolute atomic E-state index is 9.15. The molecular weight excluding hydrogens is 246 g/mol. The molecule has 0 spiro atoms. The maximum atomic E-state index is 9.15. The van der Waals surface area contributed by atoms with E-state index in [1.165, 1.54) is 44.0 Å². The van der Waals surface area contributed by atoms with Crippen LogP contribution in [0.3, 0.4) is 0 Å². The Bertz CT molecular complexity index is 437. The van der Waals surface area contributed by atoms with Gasteiger partial charge in [0.25, 0.3) is 0 Å². The van der Waals surface area contributed by atoms with Crippen LogP contribution in [0.15, 0.2) is 11.4 Å². The van der Waals surface area contributed by atoms with Crippen LogP contribution in [0.1, 0.15) is 18.4 Å². The van der Waals surface area contributed by atoms with Crippen LogP contribution < -0.4 is 5.32 Å². The Morgan fingerprint density at radius 3 is 2.89 bits per heavy atom. The molecule has 1 aliphatic heterocycles. The van der Waals surface area contributed by atoms with E-state index in [2.05, 4.69) is 26.3 Å². The van der Waals surface area contributed by atoms with Crippen molar-refractivity contribution in [2.24, 2.45) is 0 Å². The lowest BCUT2D eigenvalue weighted by molar-refractivity contribution is 0.352. The number of nitrogens with one attached hydrogen (secondary N) is 1. The molecule has 1 saturated heterocycles. The first-order chi connectivity index (χ1) is 8.85. The van der Waals surface area contributed by atoms with Gasteiger partial charge in [0.2, 0.25) is 0 Å². The highest BCUT2D eigenvalue weighted by atomic mass is 32.2. The number of aromatic nitrogens is 2. The molecule has 0 atom stereocenters. The van der Waals surface area contributed by atoms with E-state index in [1.807, 2.05) is 6.26 Å². The fourth-order valence-electron chi connectivity index (χ4n) is 2.10. The molecule has 0 unspecified atom stereocenters. The van der Waals surface area contributed by atoms with E-state index in [1.54, 1.807) is 0 Å². The topological polar surface area (TPSA) is 64.8 Å². The van der Waals surface area contributed by atoms with Gasteiger partial charge in [0.1, 0.15) is 28.8 Å². The number of likely N-dealkylation sites (tertiary alicyclic amines) is 1. The van der Waals surface area contributed by atoms with Crippen molar-refractivity contribution in [1.82, 2.24) is 14.9 Å². The van der Waals surface area contributed by atoms with Crippen LogP contribution >= 0.6 is 11.8 Å². The number of anilines is 1. The Morgan fingerprint density at radius 1 is 1.44 bits per heavy atom. The summed E-state index contributed by atoms with van der Waals surface area (Å²) in [5.74, 6) is 0.649. The van der Waals surface area contributed by atoms with Crippen molar-refractivity contribution in [3.05, 3.63) is 11.9 Å².